The monoisotopic (exact) mass is 328 g/mol. The van der Waals surface area contributed by atoms with Crippen molar-refractivity contribution in [3.63, 3.8) is 0 Å². The molecule has 0 saturated heterocycles. The molecular formula is C18H20N2O2S. The summed E-state index contributed by atoms with van der Waals surface area (Å²) in [4.78, 5) is 4.41. The van der Waals surface area contributed by atoms with Gasteiger partial charge >= 0.3 is 0 Å². The Bertz CT molecular complexity index is 956. The molecule has 0 aliphatic heterocycles. The third-order valence-electron chi connectivity index (χ3n) is 4.08. The molecule has 0 radical (unpaired) electrons. The minimum Gasteiger partial charge on any atom is -0.310 e. The fraction of sp³-hybridized carbons (Fsp3) is 0.278. The Labute approximate surface area is 136 Å². The second-order valence-electron chi connectivity index (χ2n) is 5.99. The predicted octanol–water partition coefficient (Wildman–Crippen LogP) is 3.58. The van der Waals surface area contributed by atoms with Crippen molar-refractivity contribution in [2.75, 3.05) is 0 Å². The van der Waals surface area contributed by atoms with Gasteiger partial charge in [0.05, 0.1) is 22.8 Å². The van der Waals surface area contributed by atoms with Crippen molar-refractivity contribution in [2.24, 2.45) is 0 Å². The van der Waals surface area contributed by atoms with E-state index in [4.69, 9.17) is 0 Å². The number of imidazole rings is 1. The summed E-state index contributed by atoms with van der Waals surface area (Å²) in [6, 6.07) is 15.6. The molecule has 0 spiro atoms. The van der Waals surface area contributed by atoms with Gasteiger partial charge in [-0.15, -0.1) is 0 Å². The molecule has 120 valence electrons. The highest BCUT2D eigenvalue weighted by molar-refractivity contribution is 7.91. The van der Waals surface area contributed by atoms with Crippen LogP contribution in [0, 0.1) is 6.92 Å². The second kappa shape index (κ2) is 5.81. The summed E-state index contributed by atoms with van der Waals surface area (Å²) < 4.78 is 27.2. The first kappa shape index (κ1) is 15.7. The third-order valence-corrected chi connectivity index (χ3v) is 6.15. The Morgan fingerprint density at radius 2 is 1.70 bits per heavy atom. The van der Waals surface area contributed by atoms with Crippen LogP contribution in [0.15, 0.2) is 53.7 Å². The van der Waals surface area contributed by atoms with Gasteiger partial charge in [0.2, 0.25) is 15.0 Å². The molecule has 2 aromatic carbocycles. The predicted molar refractivity (Wildman–Crippen MR) is 92.3 cm³/mol. The summed E-state index contributed by atoms with van der Waals surface area (Å²) in [7, 11) is -3.45. The van der Waals surface area contributed by atoms with E-state index in [1.807, 2.05) is 60.0 Å². The third kappa shape index (κ3) is 2.77. The van der Waals surface area contributed by atoms with Crippen LogP contribution in [0.2, 0.25) is 0 Å². The lowest BCUT2D eigenvalue weighted by Gasteiger charge is -2.13. The number of aryl methyl sites for hydroxylation is 1. The molecule has 0 atom stereocenters. The lowest BCUT2D eigenvalue weighted by molar-refractivity contribution is 0.566. The number of aromatic nitrogens is 2. The van der Waals surface area contributed by atoms with E-state index in [2.05, 4.69) is 4.98 Å². The molecular weight excluding hydrogens is 308 g/mol. The van der Waals surface area contributed by atoms with Crippen molar-refractivity contribution in [3.8, 4) is 0 Å². The Kier molecular flexibility index (Phi) is 3.98. The molecule has 0 aliphatic carbocycles. The summed E-state index contributed by atoms with van der Waals surface area (Å²) in [5, 5.41) is -0.355. The standard InChI is InChI=1S/C18H20N2O2S/c1-13(2)23(21,22)18-19-16-10-6-7-11-17(16)20(18)12-15-9-5-4-8-14(15)3/h4-11,13H,12H2,1-3H3. The van der Waals surface area contributed by atoms with Gasteiger partial charge in [0, 0.05) is 0 Å². The fourth-order valence-electron chi connectivity index (χ4n) is 2.59. The Balaban J connectivity index is 2.24. The highest BCUT2D eigenvalue weighted by Gasteiger charge is 2.27. The molecule has 23 heavy (non-hydrogen) atoms. The number of rotatable bonds is 4. The smallest absolute Gasteiger partial charge is 0.229 e. The van der Waals surface area contributed by atoms with Crippen LogP contribution in [0.1, 0.15) is 25.0 Å². The van der Waals surface area contributed by atoms with Crippen LogP contribution >= 0.6 is 0 Å². The van der Waals surface area contributed by atoms with Crippen molar-refractivity contribution in [1.29, 1.82) is 0 Å². The van der Waals surface area contributed by atoms with Gasteiger partial charge in [-0.05, 0) is 44.0 Å². The molecule has 4 nitrogen and oxygen atoms in total. The number of hydrogen-bond donors (Lipinski definition) is 0. The first-order valence-corrected chi connectivity index (χ1v) is 9.19. The summed E-state index contributed by atoms with van der Waals surface area (Å²) >= 11 is 0. The summed E-state index contributed by atoms with van der Waals surface area (Å²) in [6.07, 6.45) is 0. The summed E-state index contributed by atoms with van der Waals surface area (Å²) in [5.41, 5.74) is 3.78. The van der Waals surface area contributed by atoms with Crippen LogP contribution < -0.4 is 0 Å². The molecule has 0 aliphatic rings. The van der Waals surface area contributed by atoms with Gasteiger partial charge in [0.25, 0.3) is 0 Å². The van der Waals surface area contributed by atoms with Gasteiger partial charge < -0.3 is 4.57 Å². The van der Waals surface area contributed by atoms with Gasteiger partial charge in [-0.3, -0.25) is 0 Å². The van der Waals surface area contributed by atoms with E-state index >= 15 is 0 Å². The zero-order valence-electron chi connectivity index (χ0n) is 13.5. The van der Waals surface area contributed by atoms with Crippen LogP contribution in [0.4, 0.5) is 0 Å². The highest BCUT2D eigenvalue weighted by Crippen LogP contribution is 2.24. The Morgan fingerprint density at radius 1 is 1.04 bits per heavy atom. The largest absolute Gasteiger partial charge is 0.310 e. The Hall–Kier alpha value is -2.14. The minimum atomic E-state index is -3.45. The van der Waals surface area contributed by atoms with Gasteiger partial charge in [0.15, 0.2) is 0 Å². The quantitative estimate of drug-likeness (QED) is 0.735. The van der Waals surface area contributed by atoms with Crippen molar-refractivity contribution >= 4 is 20.9 Å². The average Bonchev–Trinajstić information content (AvgIpc) is 2.89. The van der Waals surface area contributed by atoms with E-state index in [0.717, 1.165) is 16.6 Å². The number of para-hydroxylation sites is 2. The van der Waals surface area contributed by atoms with Crippen molar-refractivity contribution in [3.05, 3.63) is 59.7 Å². The SMILES string of the molecule is Cc1ccccc1Cn1c(S(=O)(=O)C(C)C)nc2ccccc21. The van der Waals surface area contributed by atoms with Crippen LogP contribution in [0.25, 0.3) is 11.0 Å². The summed E-state index contributed by atoms with van der Waals surface area (Å²) in [5.74, 6) is 0. The number of sulfone groups is 1. The molecule has 0 bridgehead atoms. The molecule has 0 saturated carbocycles. The number of hydrogen-bond acceptors (Lipinski definition) is 3. The van der Waals surface area contributed by atoms with Crippen molar-refractivity contribution < 1.29 is 8.42 Å². The van der Waals surface area contributed by atoms with E-state index in [1.165, 1.54) is 0 Å². The maximum atomic E-state index is 12.7. The molecule has 1 heterocycles. The van der Waals surface area contributed by atoms with Gasteiger partial charge in [-0.1, -0.05) is 36.4 Å². The van der Waals surface area contributed by atoms with Crippen LogP contribution in [-0.2, 0) is 16.4 Å². The molecule has 3 aromatic rings. The van der Waals surface area contributed by atoms with Crippen LogP contribution in [0.3, 0.4) is 0 Å². The molecule has 0 amide bonds. The lowest BCUT2D eigenvalue weighted by atomic mass is 10.1. The zero-order chi connectivity index (χ0) is 16.6. The van der Waals surface area contributed by atoms with Crippen molar-refractivity contribution in [1.82, 2.24) is 9.55 Å². The maximum absolute atomic E-state index is 12.7. The second-order valence-corrected chi connectivity index (χ2v) is 8.39. The fourth-order valence-corrected chi connectivity index (χ4v) is 3.71. The minimum absolute atomic E-state index is 0.150. The number of fused-ring (bicyclic) bond motifs is 1. The van der Waals surface area contributed by atoms with E-state index in [-0.39, 0.29) is 5.16 Å². The molecule has 0 unspecified atom stereocenters. The lowest BCUT2D eigenvalue weighted by Crippen LogP contribution is -2.20. The Morgan fingerprint density at radius 3 is 2.39 bits per heavy atom. The highest BCUT2D eigenvalue weighted by atomic mass is 32.2. The molecule has 5 heteroatoms. The van der Waals surface area contributed by atoms with E-state index in [0.29, 0.717) is 12.1 Å². The number of benzene rings is 2. The molecule has 1 aromatic heterocycles. The van der Waals surface area contributed by atoms with E-state index < -0.39 is 15.1 Å². The maximum Gasteiger partial charge on any atom is 0.229 e. The number of nitrogens with zero attached hydrogens (tertiary/aromatic N) is 2. The molecule has 0 N–H and O–H groups in total. The van der Waals surface area contributed by atoms with Crippen molar-refractivity contribution in [2.45, 2.75) is 37.7 Å². The summed E-state index contributed by atoms with van der Waals surface area (Å²) in [6.45, 7) is 5.90. The molecule has 0 fully saturated rings. The molecule has 3 rings (SSSR count). The normalized spacial score (nSPS) is 12.2. The van der Waals surface area contributed by atoms with Crippen LogP contribution in [0.5, 0.6) is 0 Å². The average molecular weight is 328 g/mol. The first-order valence-electron chi connectivity index (χ1n) is 7.65. The van der Waals surface area contributed by atoms with E-state index in [9.17, 15) is 8.42 Å². The van der Waals surface area contributed by atoms with Gasteiger partial charge in [-0.2, -0.15) is 0 Å². The zero-order valence-corrected chi connectivity index (χ0v) is 14.3. The first-order chi connectivity index (χ1) is 10.9. The topological polar surface area (TPSA) is 52.0 Å². The van der Waals surface area contributed by atoms with Gasteiger partial charge in [-0.25, -0.2) is 13.4 Å². The van der Waals surface area contributed by atoms with E-state index in [1.54, 1.807) is 13.8 Å². The van der Waals surface area contributed by atoms with Crippen LogP contribution in [-0.4, -0.2) is 23.2 Å². The van der Waals surface area contributed by atoms with Gasteiger partial charge in [0.1, 0.15) is 0 Å².